The molecule has 8 heteroatoms. The summed E-state index contributed by atoms with van der Waals surface area (Å²) in [7, 11) is 1.74. The van der Waals surface area contributed by atoms with Gasteiger partial charge in [-0.3, -0.25) is 19.6 Å². The first-order valence-electron chi connectivity index (χ1n) is 12.6. The highest BCUT2D eigenvalue weighted by Gasteiger charge is 2.24. The number of hydrogen-bond donors (Lipinski definition) is 1. The van der Waals surface area contributed by atoms with Crippen molar-refractivity contribution in [1.82, 2.24) is 19.8 Å². The molecule has 2 fully saturated rings. The molecule has 8 nitrogen and oxygen atoms in total. The molecule has 0 saturated carbocycles. The molecule has 184 valence electrons. The molecule has 0 amide bonds. The van der Waals surface area contributed by atoms with Gasteiger partial charge in [-0.25, -0.2) is 4.98 Å². The third-order valence-corrected chi connectivity index (χ3v) is 7.47. The van der Waals surface area contributed by atoms with Gasteiger partial charge in [0.15, 0.2) is 0 Å². The Morgan fingerprint density at radius 2 is 1.88 bits per heavy atom. The van der Waals surface area contributed by atoms with Gasteiger partial charge in [0.05, 0.1) is 26.0 Å². The summed E-state index contributed by atoms with van der Waals surface area (Å²) in [5.41, 5.74) is 4.31. The summed E-state index contributed by atoms with van der Waals surface area (Å²) >= 11 is 0. The second kappa shape index (κ2) is 10.5. The fraction of sp³-hybridized carbons (Fsp3) is 0.615. The number of piperidine rings is 1. The SMILES string of the molecule is COc1ccc(CN2CCc3c(nc(N4CCC(C)CC4)[nH]c3=O)C2)cc1CN1CCOCC1. The van der Waals surface area contributed by atoms with Crippen molar-refractivity contribution in [2.24, 2.45) is 5.92 Å². The maximum atomic E-state index is 12.8. The third-order valence-electron chi connectivity index (χ3n) is 7.47. The van der Waals surface area contributed by atoms with E-state index in [0.717, 1.165) is 107 Å². The molecular formula is C26H37N5O3. The number of rotatable bonds is 6. The van der Waals surface area contributed by atoms with Crippen LogP contribution in [0.1, 0.15) is 42.1 Å². The standard InChI is InChI=1S/C26H37N5O3/c1-19-5-9-31(10-6-19)26-27-23-18-30(8-7-22(23)25(32)28-26)16-20-3-4-24(33-2)21(15-20)17-29-11-13-34-14-12-29/h3-4,15,19H,5-14,16-18H2,1-2H3,(H,27,28,32). The smallest absolute Gasteiger partial charge is 0.255 e. The number of benzene rings is 1. The summed E-state index contributed by atoms with van der Waals surface area (Å²) in [6.45, 7) is 11.0. The molecule has 2 saturated heterocycles. The number of nitrogens with zero attached hydrogens (tertiary/aromatic N) is 4. The van der Waals surface area contributed by atoms with Crippen molar-refractivity contribution in [1.29, 1.82) is 0 Å². The maximum Gasteiger partial charge on any atom is 0.255 e. The molecule has 2 aromatic rings. The number of morpholine rings is 1. The Hall–Kier alpha value is -2.42. The van der Waals surface area contributed by atoms with Crippen molar-refractivity contribution in [3.63, 3.8) is 0 Å². The van der Waals surface area contributed by atoms with Crippen LogP contribution in [0.2, 0.25) is 0 Å². The van der Waals surface area contributed by atoms with Crippen LogP contribution in [0.4, 0.5) is 5.95 Å². The second-order valence-corrected chi connectivity index (χ2v) is 9.98. The zero-order valence-electron chi connectivity index (χ0n) is 20.5. The maximum absolute atomic E-state index is 12.8. The highest BCUT2D eigenvalue weighted by molar-refractivity contribution is 5.38. The van der Waals surface area contributed by atoms with Crippen molar-refractivity contribution < 1.29 is 9.47 Å². The molecular weight excluding hydrogens is 430 g/mol. The molecule has 3 aliphatic heterocycles. The van der Waals surface area contributed by atoms with Crippen LogP contribution in [0.25, 0.3) is 0 Å². The first-order valence-corrected chi connectivity index (χ1v) is 12.6. The molecule has 0 atom stereocenters. The summed E-state index contributed by atoms with van der Waals surface area (Å²) < 4.78 is 11.1. The molecule has 0 unspecified atom stereocenters. The van der Waals surface area contributed by atoms with E-state index >= 15 is 0 Å². The lowest BCUT2D eigenvalue weighted by Crippen LogP contribution is -2.39. The molecule has 5 rings (SSSR count). The summed E-state index contributed by atoms with van der Waals surface area (Å²) in [6.07, 6.45) is 3.04. The largest absolute Gasteiger partial charge is 0.496 e. The quantitative estimate of drug-likeness (QED) is 0.699. The van der Waals surface area contributed by atoms with E-state index in [4.69, 9.17) is 14.5 Å². The topological polar surface area (TPSA) is 73.9 Å². The number of hydrogen-bond acceptors (Lipinski definition) is 7. The van der Waals surface area contributed by atoms with E-state index in [9.17, 15) is 4.79 Å². The number of nitrogens with one attached hydrogen (secondary N) is 1. The molecule has 0 spiro atoms. The van der Waals surface area contributed by atoms with Crippen LogP contribution in [-0.4, -0.2) is 72.8 Å². The molecule has 34 heavy (non-hydrogen) atoms. The number of aromatic amines is 1. The van der Waals surface area contributed by atoms with Crippen LogP contribution in [0.3, 0.4) is 0 Å². The number of methoxy groups -OCH3 is 1. The first kappa shape index (κ1) is 23.3. The van der Waals surface area contributed by atoms with E-state index in [1.165, 1.54) is 11.1 Å². The average Bonchev–Trinajstić information content (AvgIpc) is 2.85. The lowest BCUT2D eigenvalue weighted by Gasteiger charge is -2.32. The Morgan fingerprint density at radius 3 is 2.65 bits per heavy atom. The number of ether oxygens (including phenoxy) is 2. The summed E-state index contributed by atoms with van der Waals surface area (Å²) in [4.78, 5) is 27.8. The van der Waals surface area contributed by atoms with Crippen molar-refractivity contribution in [2.75, 3.05) is 57.9 Å². The Morgan fingerprint density at radius 1 is 1.09 bits per heavy atom. The Balaban J connectivity index is 1.29. The molecule has 1 aromatic carbocycles. The average molecular weight is 468 g/mol. The third kappa shape index (κ3) is 5.29. The minimum atomic E-state index is 0.0375. The first-order chi connectivity index (χ1) is 16.6. The van der Waals surface area contributed by atoms with Crippen molar-refractivity contribution in [3.05, 3.63) is 50.9 Å². The van der Waals surface area contributed by atoms with Gasteiger partial charge < -0.3 is 14.4 Å². The number of aromatic nitrogens is 2. The van der Waals surface area contributed by atoms with Crippen molar-refractivity contribution in [2.45, 2.75) is 45.8 Å². The van der Waals surface area contributed by atoms with Gasteiger partial charge in [0.2, 0.25) is 5.95 Å². The van der Waals surface area contributed by atoms with Gasteiger partial charge in [-0.15, -0.1) is 0 Å². The Kier molecular flexibility index (Phi) is 7.18. The molecule has 3 aliphatic rings. The van der Waals surface area contributed by atoms with E-state index in [1.807, 2.05) is 0 Å². The predicted octanol–water partition coefficient (Wildman–Crippen LogP) is 2.41. The van der Waals surface area contributed by atoms with Gasteiger partial charge in [-0.2, -0.15) is 0 Å². The highest BCUT2D eigenvalue weighted by atomic mass is 16.5. The van der Waals surface area contributed by atoms with Gasteiger partial charge in [0.1, 0.15) is 5.75 Å². The fourth-order valence-electron chi connectivity index (χ4n) is 5.30. The Labute approximate surface area is 201 Å². The number of fused-ring (bicyclic) bond motifs is 1. The van der Waals surface area contributed by atoms with Gasteiger partial charge >= 0.3 is 0 Å². The van der Waals surface area contributed by atoms with Crippen LogP contribution in [0.15, 0.2) is 23.0 Å². The lowest BCUT2D eigenvalue weighted by molar-refractivity contribution is 0.0338. The van der Waals surface area contributed by atoms with Crippen LogP contribution >= 0.6 is 0 Å². The van der Waals surface area contributed by atoms with Crippen molar-refractivity contribution >= 4 is 5.95 Å². The van der Waals surface area contributed by atoms with Crippen LogP contribution in [-0.2, 0) is 30.8 Å². The highest BCUT2D eigenvalue weighted by Crippen LogP contribution is 2.25. The van der Waals surface area contributed by atoms with E-state index in [-0.39, 0.29) is 5.56 Å². The predicted molar refractivity (Wildman–Crippen MR) is 132 cm³/mol. The summed E-state index contributed by atoms with van der Waals surface area (Å²) in [5, 5.41) is 0. The van der Waals surface area contributed by atoms with Gasteiger partial charge in [-0.1, -0.05) is 13.0 Å². The fourth-order valence-corrected chi connectivity index (χ4v) is 5.30. The van der Waals surface area contributed by atoms with Crippen LogP contribution in [0.5, 0.6) is 5.75 Å². The monoisotopic (exact) mass is 467 g/mol. The summed E-state index contributed by atoms with van der Waals surface area (Å²) in [5.74, 6) is 2.43. The number of anilines is 1. The number of H-pyrrole nitrogens is 1. The van der Waals surface area contributed by atoms with E-state index in [2.05, 4.69) is 44.8 Å². The van der Waals surface area contributed by atoms with E-state index in [1.54, 1.807) is 7.11 Å². The van der Waals surface area contributed by atoms with Crippen LogP contribution < -0.4 is 15.2 Å². The molecule has 1 aromatic heterocycles. The van der Waals surface area contributed by atoms with Gasteiger partial charge in [-0.05, 0) is 42.9 Å². The second-order valence-electron chi connectivity index (χ2n) is 9.98. The van der Waals surface area contributed by atoms with E-state index < -0.39 is 0 Å². The Bertz CT molecular complexity index is 1040. The minimum absolute atomic E-state index is 0.0375. The zero-order valence-corrected chi connectivity index (χ0v) is 20.5. The normalized spacial score (nSPS) is 20.4. The van der Waals surface area contributed by atoms with Crippen molar-refractivity contribution in [3.8, 4) is 5.75 Å². The van der Waals surface area contributed by atoms with E-state index in [0.29, 0.717) is 6.54 Å². The molecule has 4 heterocycles. The zero-order chi connectivity index (χ0) is 23.5. The summed E-state index contributed by atoms with van der Waals surface area (Å²) in [6, 6.07) is 6.51. The lowest BCUT2D eigenvalue weighted by atomic mass is 9.99. The van der Waals surface area contributed by atoms with Crippen LogP contribution in [0, 0.1) is 5.92 Å². The molecule has 0 aliphatic carbocycles. The molecule has 0 radical (unpaired) electrons. The minimum Gasteiger partial charge on any atom is -0.496 e. The van der Waals surface area contributed by atoms with Gasteiger partial charge in [0, 0.05) is 63.5 Å². The van der Waals surface area contributed by atoms with Gasteiger partial charge in [0.25, 0.3) is 5.56 Å². The molecule has 0 bridgehead atoms. The molecule has 1 N–H and O–H groups in total.